The van der Waals surface area contributed by atoms with E-state index in [1.165, 1.54) is 12.4 Å². The van der Waals surface area contributed by atoms with E-state index in [4.69, 9.17) is 0 Å². The van der Waals surface area contributed by atoms with Crippen LogP contribution in [0.4, 0.5) is 13.2 Å². The highest BCUT2D eigenvalue weighted by molar-refractivity contribution is 7.96. The second-order valence-corrected chi connectivity index (χ2v) is 5.48. The fraction of sp³-hybridized carbons (Fsp3) is 0.625. The summed E-state index contributed by atoms with van der Waals surface area (Å²) in [7, 11) is -0.692. The molecule has 14 heavy (non-hydrogen) atoms. The highest BCUT2D eigenvalue weighted by Crippen LogP contribution is 2.27. The topological polar surface area (TPSA) is 28.7 Å². The Morgan fingerprint density at radius 3 is 2.50 bits per heavy atom. The highest BCUT2D eigenvalue weighted by Gasteiger charge is 2.48. The van der Waals surface area contributed by atoms with Crippen molar-refractivity contribution in [1.29, 1.82) is 0 Å². The van der Waals surface area contributed by atoms with Crippen LogP contribution < -0.4 is 0 Å². The van der Waals surface area contributed by atoms with Gasteiger partial charge >= 0.3 is 6.18 Å². The number of hydrogen-bond donors (Lipinski definition) is 1. The average Bonchev–Trinajstić information content (AvgIpc) is 2.48. The van der Waals surface area contributed by atoms with E-state index < -0.39 is 22.3 Å². The summed E-state index contributed by atoms with van der Waals surface area (Å²) >= 11 is 0. The number of H-pyrrole nitrogens is 1. The van der Waals surface area contributed by atoms with Gasteiger partial charge in [0.2, 0.25) is 5.25 Å². The Morgan fingerprint density at radius 2 is 2.14 bits per heavy atom. The molecule has 0 radical (unpaired) electrons. The van der Waals surface area contributed by atoms with Crippen molar-refractivity contribution in [2.75, 3.05) is 12.5 Å². The number of nitrogens with zero attached hydrogens (tertiary/aromatic N) is 1. The summed E-state index contributed by atoms with van der Waals surface area (Å²) in [6.07, 6.45) is 1.99. The van der Waals surface area contributed by atoms with Gasteiger partial charge in [-0.2, -0.15) is 13.2 Å². The van der Waals surface area contributed by atoms with Crippen molar-refractivity contribution in [2.24, 2.45) is 0 Å². The Hall–Kier alpha value is -0.650. The van der Waals surface area contributed by atoms with Gasteiger partial charge in [-0.3, -0.25) is 0 Å². The highest BCUT2D eigenvalue weighted by atomic mass is 32.2. The number of alkyl halides is 3. The van der Waals surface area contributed by atoms with Crippen molar-refractivity contribution in [1.82, 2.24) is 9.97 Å². The third kappa shape index (κ3) is 2.94. The van der Waals surface area contributed by atoms with Crippen LogP contribution in [0.5, 0.6) is 0 Å². The molecule has 1 aromatic rings. The summed E-state index contributed by atoms with van der Waals surface area (Å²) in [5.41, 5.74) is 0. The van der Waals surface area contributed by atoms with Crippen molar-refractivity contribution in [3.05, 3.63) is 18.2 Å². The number of aromatic amines is 1. The molecule has 0 amide bonds. The number of aromatic nitrogens is 2. The molecular formula is C8H12F3N2S+. The van der Waals surface area contributed by atoms with E-state index in [-0.39, 0.29) is 6.42 Å². The van der Waals surface area contributed by atoms with Crippen LogP contribution in [0.15, 0.2) is 12.4 Å². The van der Waals surface area contributed by atoms with Crippen molar-refractivity contribution < 1.29 is 13.2 Å². The standard InChI is InChI=1S/C8H12F3N2S/c1-14(2)6(8(9,10)11)5-7-12-3-4-13-7/h3-4,6H,5H2,1-2H3,(H,12,13)/q+1. The Labute approximate surface area is 83.3 Å². The number of nitrogens with one attached hydrogen (secondary N) is 1. The first-order chi connectivity index (χ1) is 6.41. The fourth-order valence-corrected chi connectivity index (χ4v) is 2.16. The predicted molar refractivity (Wildman–Crippen MR) is 51.3 cm³/mol. The quantitative estimate of drug-likeness (QED) is 0.780. The molecule has 0 aliphatic heterocycles. The molecule has 6 heteroatoms. The van der Waals surface area contributed by atoms with Gasteiger partial charge < -0.3 is 4.98 Å². The van der Waals surface area contributed by atoms with E-state index in [1.54, 1.807) is 12.5 Å². The molecule has 0 aromatic carbocycles. The summed E-state index contributed by atoms with van der Waals surface area (Å²) in [5.74, 6) is 0.397. The molecule has 1 N–H and O–H groups in total. The lowest BCUT2D eigenvalue weighted by Gasteiger charge is -2.15. The van der Waals surface area contributed by atoms with Gasteiger partial charge in [0, 0.05) is 12.4 Å². The lowest BCUT2D eigenvalue weighted by atomic mass is 10.3. The predicted octanol–water partition coefficient (Wildman–Crippen LogP) is 1.76. The zero-order valence-corrected chi connectivity index (χ0v) is 8.75. The molecule has 1 rings (SSSR count). The minimum Gasteiger partial charge on any atom is -0.348 e. The van der Waals surface area contributed by atoms with Crippen molar-refractivity contribution in [2.45, 2.75) is 17.8 Å². The van der Waals surface area contributed by atoms with Crippen LogP contribution in [0.2, 0.25) is 0 Å². The van der Waals surface area contributed by atoms with Crippen molar-refractivity contribution >= 4 is 10.9 Å². The van der Waals surface area contributed by atoms with Gasteiger partial charge in [0.15, 0.2) is 0 Å². The molecule has 1 aromatic heterocycles. The first-order valence-electron chi connectivity index (χ1n) is 4.02. The van der Waals surface area contributed by atoms with Gasteiger partial charge in [0.1, 0.15) is 5.82 Å². The normalized spacial score (nSPS) is 14.7. The van der Waals surface area contributed by atoms with Gasteiger partial charge in [-0.15, -0.1) is 0 Å². The molecule has 0 fully saturated rings. The third-order valence-corrected chi connectivity index (χ3v) is 3.44. The van der Waals surface area contributed by atoms with Crippen LogP contribution in [-0.4, -0.2) is 33.9 Å². The second kappa shape index (κ2) is 4.25. The van der Waals surface area contributed by atoms with Gasteiger partial charge in [-0.1, -0.05) is 0 Å². The average molecular weight is 225 g/mol. The summed E-state index contributed by atoms with van der Waals surface area (Å²) in [5, 5.41) is -1.30. The smallest absolute Gasteiger partial charge is 0.348 e. The molecular weight excluding hydrogens is 213 g/mol. The van der Waals surface area contributed by atoms with Crippen LogP contribution >= 0.6 is 0 Å². The monoisotopic (exact) mass is 225 g/mol. The molecule has 1 unspecified atom stereocenters. The van der Waals surface area contributed by atoms with Gasteiger partial charge in [-0.25, -0.2) is 4.98 Å². The summed E-state index contributed by atoms with van der Waals surface area (Å²) in [6.45, 7) is 0. The van der Waals surface area contributed by atoms with E-state index >= 15 is 0 Å². The maximum absolute atomic E-state index is 12.5. The lowest BCUT2D eigenvalue weighted by molar-refractivity contribution is -0.129. The van der Waals surface area contributed by atoms with Gasteiger partial charge in [-0.05, 0) is 10.9 Å². The molecule has 0 bridgehead atoms. The Kier molecular flexibility index (Phi) is 3.47. The largest absolute Gasteiger partial charge is 0.436 e. The minimum absolute atomic E-state index is 0.0629. The maximum atomic E-state index is 12.5. The minimum atomic E-state index is -4.14. The van der Waals surface area contributed by atoms with Gasteiger partial charge in [0.05, 0.1) is 18.9 Å². The number of halogens is 3. The fourth-order valence-electron chi connectivity index (χ4n) is 1.13. The first kappa shape index (κ1) is 11.4. The molecule has 0 saturated heterocycles. The number of hydrogen-bond acceptors (Lipinski definition) is 1. The zero-order valence-electron chi connectivity index (χ0n) is 7.93. The molecule has 1 heterocycles. The first-order valence-corrected chi connectivity index (χ1v) is 6.13. The molecule has 2 nitrogen and oxygen atoms in total. The molecule has 0 aliphatic rings. The van der Waals surface area contributed by atoms with Crippen molar-refractivity contribution in [3.63, 3.8) is 0 Å². The Morgan fingerprint density at radius 1 is 1.50 bits per heavy atom. The van der Waals surface area contributed by atoms with Crippen LogP contribution in [0.25, 0.3) is 0 Å². The summed E-state index contributed by atoms with van der Waals surface area (Å²) in [4.78, 5) is 6.49. The van der Waals surface area contributed by atoms with E-state index in [2.05, 4.69) is 9.97 Å². The molecule has 0 spiro atoms. The Balaban J connectivity index is 2.71. The molecule has 1 atom stereocenters. The van der Waals surface area contributed by atoms with Gasteiger partial charge in [0.25, 0.3) is 0 Å². The summed E-state index contributed by atoms with van der Waals surface area (Å²) in [6, 6.07) is 0. The Bertz CT molecular complexity index is 269. The zero-order chi connectivity index (χ0) is 10.8. The SMILES string of the molecule is C[S+](C)C(Cc1ncc[nH]1)C(F)(F)F. The maximum Gasteiger partial charge on any atom is 0.436 e. The molecule has 0 saturated carbocycles. The summed E-state index contributed by atoms with van der Waals surface area (Å²) < 4.78 is 37.6. The number of rotatable bonds is 3. The van der Waals surface area contributed by atoms with Crippen LogP contribution in [0.1, 0.15) is 5.82 Å². The van der Waals surface area contributed by atoms with E-state index in [0.29, 0.717) is 5.82 Å². The van der Waals surface area contributed by atoms with Crippen LogP contribution in [0, 0.1) is 0 Å². The third-order valence-electron chi connectivity index (χ3n) is 1.87. The van der Waals surface area contributed by atoms with Crippen molar-refractivity contribution in [3.8, 4) is 0 Å². The number of imidazole rings is 1. The van der Waals surface area contributed by atoms with E-state index in [0.717, 1.165) is 0 Å². The molecule has 0 aliphatic carbocycles. The van der Waals surface area contributed by atoms with Crippen LogP contribution in [-0.2, 0) is 17.3 Å². The lowest BCUT2D eigenvalue weighted by Crippen LogP contribution is -2.37. The molecule has 80 valence electrons. The van der Waals surface area contributed by atoms with Crippen LogP contribution in [0.3, 0.4) is 0 Å². The second-order valence-electron chi connectivity index (χ2n) is 3.15. The van der Waals surface area contributed by atoms with E-state index in [9.17, 15) is 13.2 Å². The van der Waals surface area contributed by atoms with E-state index in [1.807, 2.05) is 0 Å².